The quantitative estimate of drug-likeness (QED) is 0.408. The van der Waals surface area contributed by atoms with E-state index >= 15 is 0 Å². The molecule has 1 fully saturated rings. The number of nitrogens with one attached hydrogen (secondary N) is 1. The van der Waals surface area contributed by atoms with Crippen LogP contribution < -0.4 is 10.2 Å². The van der Waals surface area contributed by atoms with E-state index in [0.717, 1.165) is 36.0 Å². The molecule has 1 amide bonds. The molecule has 0 saturated carbocycles. The third-order valence-electron chi connectivity index (χ3n) is 5.38. The van der Waals surface area contributed by atoms with Crippen LogP contribution in [0, 0.1) is 0 Å². The van der Waals surface area contributed by atoms with E-state index in [0.29, 0.717) is 24.1 Å². The summed E-state index contributed by atoms with van der Waals surface area (Å²) in [5.74, 6) is 1.69. The number of carbonyl (C=O) groups excluding carboxylic acids is 1. The molecule has 5 rings (SSSR count). The Balaban J connectivity index is 1.27. The highest BCUT2D eigenvalue weighted by Crippen LogP contribution is 2.28. The molecule has 0 atom stereocenters. The molecule has 9 heteroatoms. The molecule has 0 unspecified atom stereocenters. The van der Waals surface area contributed by atoms with Gasteiger partial charge in [-0.05, 0) is 24.3 Å². The predicted molar refractivity (Wildman–Crippen MR) is 133 cm³/mol. The summed E-state index contributed by atoms with van der Waals surface area (Å²) in [7, 11) is 0. The van der Waals surface area contributed by atoms with Crippen molar-refractivity contribution in [2.24, 2.45) is 0 Å². The molecule has 0 aliphatic carbocycles. The summed E-state index contributed by atoms with van der Waals surface area (Å²) >= 11 is 1.35. The van der Waals surface area contributed by atoms with Crippen LogP contribution in [0.25, 0.3) is 17.1 Å². The minimum atomic E-state index is -0.130. The maximum Gasteiger partial charge on any atom is 0.234 e. The number of ether oxygens (including phenoxy) is 1. The lowest BCUT2D eigenvalue weighted by Crippen LogP contribution is -2.36. The van der Waals surface area contributed by atoms with E-state index in [1.54, 1.807) is 6.20 Å². The number of para-hydroxylation sites is 1. The van der Waals surface area contributed by atoms with Gasteiger partial charge in [-0.15, -0.1) is 10.2 Å². The van der Waals surface area contributed by atoms with Gasteiger partial charge in [0.1, 0.15) is 5.82 Å². The lowest BCUT2D eigenvalue weighted by molar-refractivity contribution is -0.113. The van der Waals surface area contributed by atoms with Gasteiger partial charge in [0, 0.05) is 24.3 Å². The number of hydrogen-bond donors (Lipinski definition) is 1. The lowest BCUT2D eigenvalue weighted by atomic mass is 10.2. The first-order valence-electron chi connectivity index (χ1n) is 11.1. The fraction of sp³-hybridized carbons (Fsp3) is 0.200. The number of carbonyl (C=O) groups is 1. The number of anilines is 2. The van der Waals surface area contributed by atoms with Gasteiger partial charge in [0.05, 0.1) is 30.9 Å². The molecule has 1 saturated heterocycles. The van der Waals surface area contributed by atoms with Crippen LogP contribution in [-0.4, -0.2) is 57.7 Å². The monoisotopic (exact) mass is 472 g/mol. The van der Waals surface area contributed by atoms with E-state index in [1.165, 1.54) is 11.8 Å². The zero-order valence-electron chi connectivity index (χ0n) is 18.5. The van der Waals surface area contributed by atoms with Gasteiger partial charge in [-0.2, -0.15) is 0 Å². The van der Waals surface area contributed by atoms with E-state index in [-0.39, 0.29) is 11.7 Å². The molecule has 3 heterocycles. The first kappa shape index (κ1) is 22.1. The summed E-state index contributed by atoms with van der Waals surface area (Å²) in [6.45, 7) is 3.05. The zero-order chi connectivity index (χ0) is 23.2. The molecule has 2 aromatic heterocycles. The Morgan fingerprint density at radius 2 is 1.68 bits per heavy atom. The van der Waals surface area contributed by atoms with Crippen molar-refractivity contribution in [3.05, 3.63) is 79.0 Å². The Morgan fingerprint density at radius 3 is 2.38 bits per heavy atom. The number of thioether (sulfide) groups is 1. The van der Waals surface area contributed by atoms with Crippen LogP contribution in [0.1, 0.15) is 0 Å². The van der Waals surface area contributed by atoms with Gasteiger partial charge < -0.3 is 15.0 Å². The van der Waals surface area contributed by atoms with E-state index < -0.39 is 0 Å². The highest BCUT2D eigenvalue weighted by Gasteiger charge is 2.17. The molecule has 4 aromatic rings. The lowest BCUT2D eigenvalue weighted by Gasteiger charge is -2.27. The summed E-state index contributed by atoms with van der Waals surface area (Å²) in [4.78, 5) is 19.3. The molecule has 1 N–H and O–H groups in total. The summed E-state index contributed by atoms with van der Waals surface area (Å²) in [5.41, 5.74) is 2.57. The van der Waals surface area contributed by atoms with Gasteiger partial charge in [-0.3, -0.25) is 9.36 Å². The molecule has 0 bridgehead atoms. The van der Waals surface area contributed by atoms with Gasteiger partial charge >= 0.3 is 0 Å². The van der Waals surface area contributed by atoms with Crippen molar-refractivity contribution in [1.29, 1.82) is 0 Å². The second-order valence-electron chi connectivity index (χ2n) is 7.68. The van der Waals surface area contributed by atoms with Crippen LogP contribution >= 0.6 is 11.8 Å². The highest BCUT2D eigenvalue weighted by atomic mass is 32.2. The van der Waals surface area contributed by atoms with Crippen molar-refractivity contribution in [1.82, 2.24) is 19.7 Å². The van der Waals surface area contributed by atoms with Crippen LogP contribution in [0.5, 0.6) is 0 Å². The molecular formula is C25H24N6O2S. The molecular weight excluding hydrogens is 448 g/mol. The Morgan fingerprint density at radius 1 is 0.941 bits per heavy atom. The van der Waals surface area contributed by atoms with Crippen LogP contribution in [-0.2, 0) is 9.53 Å². The third-order valence-corrected chi connectivity index (χ3v) is 6.31. The van der Waals surface area contributed by atoms with Crippen molar-refractivity contribution in [2.45, 2.75) is 5.16 Å². The summed E-state index contributed by atoms with van der Waals surface area (Å²) in [6, 6.07) is 23.6. The number of rotatable bonds is 7. The molecule has 34 heavy (non-hydrogen) atoms. The summed E-state index contributed by atoms with van der Waals surface area (Å²) in [5, 5.41) is 12.4. The molecule has 172 valence electrons. The smallest absolute Gasteiger partial charge is 0.234 e. The number of pyridine rings is 1. The van der Waals surface area contributed by atoms with Crippen molar-refractivity contribution >= 4 is 29.2 Å². The number of hydrogen-bond acceptors (Lipinski definition) is 7. The number of nitrogens with zero attached hydrogens (tertiary/aromatic N) is 5. The molecule has 1 aliphatic heterocycles. The standard InChI is InChI=1S/C25H24N6O2S/c32-23(27-20-11-12-22(26-17-20)30-13-15-33-16-14-30)18-34-25-29-28-24(19-7-3-1-4-8-19)31(25)21-9-5-2-6-10-21/h1-12,17H,13-16,18H2,(H,27,32). The van der Waals surface area contributed by atoms with Crippen LogP contribution in [0.2, 0.25) is 0 Å². The Hall–Kier alpha value is -3.69. The molecule has 0 spiro atoms. The normalized spacial score (nSPS) is 13.6. The average Bonchev–Trinajstić information content (AvgIpc) is 3.33. The Kier molecular flexibility index (Phi) is 6.83. The highest BCUT2D eigenvalue weighted by molar-refractivity contribution is 7.99. The van der Waals surface area contributed by atoms with Crippen LogP contribution in [0.3, 0.4) is 0 Å². The third kappa shape index (κ3) is 5.11. The fourth-order valence-corrected chi connectivity index (χ4v) is 4.47. The summed E-state index contributed by atoms with van der Waals surface area (Å²) in [6.07, 6.45) is 1.69. The van der Waals surface area contributed by atoms with Crippen molar-refractivity contribution in [3.8, 4) is 17.1 Å². The number of benzene rings is 2. The minimum Gasteiger partial charge on any atom is -0.378 e. The van der Waals surface area contributed by atoms with Crippen molar-refractivity contribution in [2.75, 3.05) is 42.3 Å². The maximum atomic E-state index is 12.7. The fourth-order valence-electron chi connectivity index (χ4n) is 3.71. The topological polar surface area (TPSA) is 85.2 Å². The molecule has 8 nitrogen and oxygen atoms in total. The second-order valence-corrected chi connectivity index (χ2v) is 8.63. The first-order valence-corrected chi connectivity index (χ1v) is 12.0. The van der Waals surface area contributed by atoms with Gasteiger partial charge in [0.2, 0.25) is 5.91 Å². The predicted octanol–water partition coefficient (Wildman–Crippen LogP) is 3.90. The number of morpholine rings is 1. The van der Waals surface area contributed by atoms with E-state index in [1.807, 2.05) is 77.4 Å². The Bertz CT molecular complexity index is 1230. The van der Waals surface area contributed by atoms with Crippen molar-refractivity contribution in [3.63, 3.8) is 0 Å². The zero-order valence-corrected chi connectivity index (χ0v) is 19.3. The van der Waals surface area contributed by atoms with E-state index in [4.69, 9.17) is 4.74 Å². The van der Waals surface area contributed by atoms with Gasteiger partial charge in [-0.1, -0.05) is 60.3 Å². The van der Waals surface area contributed by atoms with Gasteiger partial charge in [0.25, 0.3) is 0 Å². The largest absolute Gasteiger partial charge is 0.378 e. The van der Waals surface area contributed by atoms with Gasteiger partial charge in [-0.25, -0.2) is 4.98 Å². The van der Waals surface area contributed by atoms with Crippen LogP contribution in [0.15, 0.2) is 84.1 Å². The SMILES string of the molecule is O=C(CSc1nnc(-c2ccccc2)n1-c1ccccc1)Nc1ccc(N2CCOCC2)nc1. The number of aromatic nitrogens is 4. The van der Waals surface area contributed by atoms with Crippen LogP contribution in [0.4, 0.5) is 11.5 Å². The maximum absolute atomic E-state index is 12.7. The van der Waals surface area contributed by atoms with Crippen molar-refractivity contribution < 1.29 is 9.53 Å². The first-order chi connectivity index (χ1) is 16.8. The molecule has 1 aliphatic rings. The van der Waals surface area contributed by atoms with E-state index in [9.17, 15) is 4.79 Å². The average molecular weight is 473 g/mol. The number of amides is 1. The molecule has 2 aromatic carbocycles. The Labute approximate surface area is 202 Å². The van der Waals surface area contributed by atoms with E-state index in [2.05, 4.69) is 25.4 Å². The second kappa shape index (κ2) is 10.5. The molecule has 0 radical (unpaired) electrons. The summed E-state index contributed by atoms with van der Waals surface area (Å²) < 4.78 is 7.36. The van der Waals surface area contributed by atoms with Gasteiger partial charge in [0.15, 0.2) is 11.0 Å². The minimum absolute atomic E-state index is 0.130.